The van der Waals surface area contributed by atoms with Crippen LogP contribution in [0.4, 0.5) is 5.69 Å². The number of fused-ring (bicyclic) bond motifs is 1. The van der Waals surface area contributed by atoms with Crippen LogP contribution in [-0.2, 0) is 12.8 Å². The molecule has 1 heteroatoms. The molecule has 0 atom stereocenters. The SMILES string of the molecule is CNc1ccc(-c2ccc3c(c2)CC3)cc1. The molecule has 0 amide bonds. The highest BCUT2D eigenvalue weighted by Crippen LogP contribution is 2.29. The van der Waals surface area contributed by atoms with Gasteiger partial charge in [-0.1, -0.05) is 30.3 Å². The molecular weight excluding hydrogens is 194 g/mol. The van der Waals surface area contributed by atoms with Gasteiger partial charge in [-0.25, -0.2) is 0 Å². The minimum atomic E-state index is 1.16. The van der Waals surface area contributed by atoms with Crippen molar-refractivity contribution in [2.75, 3.05) is 12.4 Å². The maximum Gasteiger partial charge on any atom is 0.0337 e. The Bertz CT molecular complexity index is 511. The predicted octanol–water partition coefficient (Wildman–Crippen LogP) is 3.49. The number of rotatable bonds is 2. The molecule has 2 aromatic carbocycles. The number of benzene rings is 2. The van der Waals surface area contributed by atoms with Gasteiger partial charge in [0.2, 0.25) is 0 Å². The number of anilines is 1. The summed E-state index contributed by atoms with van der Waals surface area (Å²) in [4.78, 5) is 0. The van der Waals surface area contributed by atoms with Crippen LogP contribution in [0.2, 0.25) is 0 Å². The van der Waals surface area contributed by atoms with Crippen LogP contribution in [0.3, 0.4) is 0 Å². The largest absolute Gasteiger partial charge is 0.388 e. The first-order valence-corrected chi connectivity index (χ1v) is 5.77. The van der Waals surface area contributed by atoms with Gasteiger partial charge in [0.25, 0.3) is 0 Å². The lowest BCUT2D eigenvalue weighted by molar-refractivity contribution is 0.840. The average molecular weight is 209 g/mol. The summed E-state index contributed by atoms with van der Waals surface area (Å²) in [6.45, 7) is 0. The summed E-state index contributed by atoms with van der Waals surface area (Å²) in [6.07, 6.45) is 2.51. The molecule has 1 nitrogen and oxygen atoms in total. The van der Waals surface area contributed by atoms with Gasteiger partial charge in [0.1, 0.15) is 0 Å². The maximum atomic E-state index is 3.14. The summed E-state index contributed by atoms with van der Waals surface area (Å²) < 4.78 is 0. The van der Waals surface area contributed by atoms with Gasteiger partial charge in [-0.15, -0.1) is 0 Å². The van der Waals surface area contributed by atoms with Gasteiger partial charge in [-0.3, -0.25) is 0 Å². The van der Waals surface area contributed by atoms with Gasteiger partial charge >= 0.3 is 0 Å². The molecule has 0 unspecified atom stereocenters. The Balaban J connectivity index is 1.98. The van der Waals surface area contributed by atoms with E-state index in [4.69, 9.17) is 0 Å². The van der Waals surface area contributed by atoms with Crippen LogP contribution in [0.5, 0.6) is 0 Å². The van der Waals surface area contributed by atoms with Crippen molar-refractivity contribution >= 4 is 5.69 Å². The molecule has 0 fully saturated rings. The van der Waals surface area contributed by atoms with Gasteiger partial charge in [0, 0.05) is 12.7 Å². The van der Waals surface area contributed by atoms with Crippen molar-refractivity contribution in [2.24, 2.45) is 0 Å². The molecule has 0 aromatic heterocycles. The molecular formula is C15H15N. The molecule has 0 spiro atoms. The van der Waals surface area contributed by atoms with Crippen LogP contribution in [0.1, 0.15) is 11.1 Å². The molecule has 3 rings (SSSR count). The van der Waals surface area contributed by atoms with E-state index in [1.807, 2.05) is 7.05 Å². The van der Waals surface area contributed by atoms with Crippen LogP contribution < -0.4 is 5.32 Å². The van der Waals surface area contributed by atoms with E-state index < -0.39 is 0 Å². The highest BCUT2D eigenvalue weighted by atomic mass is 14.8. The summed E-state index contributed by atoms with van der Waals surface area (Å²) in [5.74, 6) is 0. The quantitative estimate of drug-likeness (QED) is 0.798. The van der Waals surface area contributed by atoms with Gasteiger partial charge in [0.05, 0.1) is 0 Å². The molecule has 0 aliphatic heterocycles. The number of nitrogens with one attached hydrogen (secondary N) is 1. The topological polar surface area (TPSA) is 12.0 Å². The number of hydrogen-bond donors (Lipinski definition) is 1. The van der Waals surface area contributed by atoms with Crippen LogP contribution in [0, 0.1) is 0 Å². The Morgan fingerprint density at radius 3 is 2.06 bits per heavy atom. The Morgan fingerprint density at radius 2 is 1.50 bits per heavy atom. The molecule has 1 aliphatic rings. The van der Waals surface area contributed by atoms with E-state index in [1.165, 1.54) is 35.1 Å². The maximum absolute atomic E-state index is 3.14. The van der Waals surface area contributed by atoms with Crippen molar-refractivity contribution in [2.45, 2.75) is 12.8 Å². The summed E-state index contributed by atoms with van der Waals surface area (Å²) in [5, 5.41) is 3.14. The molecule has 1 aliphatic carbocycles. The van der Waals surface area contributed by atoms with Crippen LogP contribution in [0.25, 0.3) is 11.1 Å². The Labute approximate surface area is 96.1 Å². The van der Waals surface area contributed by atoms with E-state index in [-0.39, 0.29) is 0 Å². The normalized spacial score (nSPS) is 12.8. The molecule has 0 heterocycles. The zero-order valence-electron chi connectivity index (χ0n) is 9.46. The van der Waals surface area contributed by atoms with Gasteiger partial charge < -0.3 is 5.32 Å². The summed E-state index contributed by atoms with van der Waals surface area (Å²) >= 11 is 0. The van der Waals surface area contributed by atoms with Crippen molar-refractivity contribution in [1.82, 2.24) is 0 Å². The highest BCUT2D eigenvalue weighted by Gasteiger charge is 2.12. The third-order valence-electron chi connectivity index (χ3n) is 3.38. The fourth-order valence-corrected chi connectivity index (χ4v) is 2.20. The van der Waals surface area contributed by atoms with Crippen LogP contribution in [0.15, 0.2) is 42.5 Å². The van der Waals surface area contributed by atoms with Gasteiger partial charge in [-0.05, 0) is 47.2 Å². The first-order valence-electron chi connectivity index (χ1n) is 5.77. The summed E-state index contributed by atoms with van der Waals surface area (Å²) in [7, 11) is 1.94. The molecule has 16 heavy (non-hydrogen) atoms. The van der Waals surface area contributed by atoms with E-state index in [1.54, 1.807) is 0 Å². The zero-order chi connectivity index (χ0) is 11.0. The van der Waals surface area contributed by atoms with Gasteiger partial charge in [-0.2, -0.15) is 0 Å². The minimum absolute atomic E-state index is 1.16. The zero-order valence-corrected chi connectivity index (χ0v) is 9.46. The summed E-state index contributed by atoms with van der Waals surface area (Å²) in [6, 6.07) is 15.4. The van der Waals surface area contributed by atoms with Gasteiger partial charge in [0.15, 0.2) is 0 Å². The van der Waals surface area contributed by atoms with Crippen molar-refractivity contribution in [1.29, 1.82) is 0 Å². The fraction of sp³-hybridized carbons (Fsp3) is 0.200. The lowest BCUT2D eigenvalue weighted by Crippen LogP contribution is -2.07. The second-order valence-corrected chi connectivity index (χ2v) is 4.31. The number of hydrogen-bond acceptors (Lipinski definition) is 1. The minimum Gasteiger partial charge on any atom is -0.388 e. The highest BCUT2D eigenvalue weighted by molar-refractivity contribution is 5.67. The second kappa shape index (κ2) is 3.67. The molecule has 1 N–H and O–H groups in total. The van der Waals surface area contributed by atoms with Crippen molar-refractivity contribution in [3.63, 3.8) is 0 Å². The Morgan fingerprint density at radius 1 is 0.812 bits per heavy atom. The molecule has 0 radical (unpaired) electrons. The van der Waals surface area contributed by atoms with Crippen LogP contribution >= 0.6 is 0 Å². The molecule has 0 saturated heterocycles. The third kappa shape index (κ3) is 1.49. The lowest BCUT2D eigenvalue weighted by Gasteiger charge is -2.19. The van der Waals surface area contributed by atoms with Crippen LogP contribution in [-0.4, -0.2) is 7.05 Å². The van der Waals surface area contributed by atoms with Crippen molar-refractivity contribution < 1.29 is 0 Å². The first-order chi connectivity index (χ1) is 7.86. The van der Waals surface area contributed by atoms with E-state index in [9.17, 15) is 0 Å². The molecule has 80 valence electrons. The van der Waals surface area contributed by atoms with E-state index in [2.05, 4.69) is 47.8 Å². The summed E-state index contributed by atoms with van der Waals surface area (Å²) in [5.41, 5.74) is 6.84. The fourth-order valence-electron chi connectivity index (χ4n) is 2.20. The second-order valence-electron chi connectivity index (χ2n) is 4.31. The monoisotopic (exact) mass is 209 g/mol. The van der Waals surface area contributed by atoms with Crippen molar-refractivity contribution in [3.8, 4) is 11.1 Å². The number of aryl methyl sites for hydroxylation is 2. The smallest absolute Gasteiger partial charge is 0.0337 e. The van der Waals surface area contributed by atoms with E-state index >= 15 is 0 Å². The first kappa shape index (κ1) is 9.46. The lowest BCUT2D eigenvalue weighted by atomic mass is 9.86. The third-order valence-corrected chi connectivity index (χ3v) is 3.38. The predicted molar refractivity (Wildman–Crippen MR) is 68.8 cm³/mol. The molecule has 0 bridgehead atoms. The average Bonchev–Trinajstić information content (AvgIpc) is 2.31. The van der Waals surface area contributed by atoms with E-state index in [0.717, 1.165) is 5.69 Å². The Hall–Kier alpha value is -1.76. The molecule has 0 saturated carbocycles. The standard InChI is InChI=1S/C15H15N/c1-16-15-8-6-12(7-9-15)14-5-3-11-2-4-13(11)10-14/h3,5-10,16H,2,4H2,1H3. The molecule has 2 aromatic rings. The Kier molecular flexibility index (Phi) is 2.17. The van der Waals surface area contributed by atoms with Crippen molar-refractivity contribution in [3.05, 3.63) is 53.6 Å². The van der Waals surface area contributed by atoms with E-state index in [0.29, 0.717) is 0 Å².